The first kappa shape index (κ1) is 11.9. The molecule has 2 atom stereocenters. The van der Waals surface area contributed by atoms with E-state index in [0.29, 0.717) is 18.6 Å². The average Bonchev–Trinajstić information content (AvgIpc) is 2.05. The summed E-state index contributed by atoms with van der Waals surface area (Å²) in [5.41, 5.74) is 0. The fraction of sp³-hybridized carbons (Fsp3) is 1.00. The molecule has 0 aromatic carbocycles. The van der Waals surface area contributed by atoms with Crippen LogP contribution in [0.1, 0.15) is 20.3 Å². The van der Waals surface area contributed by atoms with Gasteiger partial charge in [0.05, 0.1) is 13.2 Å². The zero-order valence-electron chi connectivity index (χ0n) is 8.34. The van der Waals surface area contributed by atoms with Crippen LogP contribution in [-0.2, 0) is 4.74 Å². The van der Waals surface area contributed by atoms with Gasteiger partial charge in [0.2, 0.25) is 0 Å². The molecule has 2 N–H and O–H groups in total. The summed E-state index contributed by atoms with van der Waals surface area (Å²) in [5, 5.41) is 11.7. The van der Waals surface area contributed by atoms with Crippen LogP contribution in [0.25, 0.3) is 0 Å². The minimum Gasteiger partial charge on any atom is -0.394 e. The van der Waals surface area contributed by atoms with Crippen molar-refractivity contribution in [2.45, 2.75) is 26.3 Å². The molecule has 2 unspecified atom stereocenters. The quantitative estimate of drug-likeness (QED) is 0.558. The number of ether oxygens (including phenoxy) is 1. The van der Waals surface area contributed by atoms with E-state index in [4.69, 9.17) is 9.84 Å². The van der Waals surface area contributed by atoms with E-state index in [0.717, 1.165) is 13.0 Å². The molecule has 0 aromatic heterocycles. The van der Waals surface area contributed by atoms with E-state index in [1.54, 1.807) is 0 Å². The average molecular weight is 175 g/mol. The van der Waals surface area contributed by atoms with Crippen molar-refractivity contribution in [3.8, 4) is 0 Å². The van der Waals surface area contributed by atoms with Crippen LogP contribution in [0, 0.1) is 5.92 Å². The lowest BCUT2D eigenvalue weighted by molar-refractivity contribution is 0.0678. The smallest absolute Gasteiger partial charge is 0.0697 e. The van der Waals surface area contributed by atoms with E-state index in [1.807, 2.05) is 7.05 Å². The second kappa shape index (κ2) is 7.53. The third-order valence-corrected chi connectivity index (χ3v) is 1.89. The fourth-order valence-corrected chi connectivity index (χ4v) is 1.14. The summed E-state index contributed by atoms with van der Waals surface area (Å²) < 4.78 is 5.21. The van der Waals surface area contributed by atoms with Crippen molar-refractivity contribution in [1.29, 1.82) is 0 Å². The zero-order valence-corrected chi connectivity index (χ0v) is 8.34. The fourth-order valence-electron chi connectivity index (χ4n) is 1.14. The Labute approximate surface area is 75.1 Å². The van der Waals surface area contributed by atoms with E-state index in [1.165, 1.54) is 0 Å². The molecule has 0 aliphatic carbocycles. The van der Waals surface area contributed by atoms with Gasteiger partial charge in [0, 0.05) is 12.6 Å². The first-order valence-electron chi connectivity index (χ1n) is 4.56. The molecule has 0 radical (unpaired) electrons. The van der Waals surface area contributed by atoms with Gasteiger partial charge in [0.1, 0.15) is 0 Å². The number of rotatable bonds is 7. The van der Waals surface area contributed by atoms with Gasteiger partial charge in [-0.3, -0.25) is 0 Å². The molecule has 3 nitrogen and oxygen atoms in total. The zero-order chi connectivity index (χ0) is 9.40. The molecule has 0 bridgehead atoms. The van der Waals surface area contributed by atoms with Gasteiger partial charge in [-0.05, 0) is 26.3 Å². The maximum atomic E-state index is 8.47. The summed E-state index contributed by atoms with van der Waals surface area (Å²) in [7, 11) is 1.96. The highest BCUT2D eigenvalue weighted by atomic mass is 16.5. The highest BCUT2D eigenvalue weighted by Crippen LogP contribution is 2.05. The van der Waals surface area contributed by atoms with Gasteiger partial charge in [-0.25, -0.2) is 0 Å². The van der Waals surface area contributed by atoms with Crippen molar-refractivity contribution < 1.29 is 9.84 Å². The Balaban J connectivity index is 3.26. The van der Waals surface area contributed by atoms with Gasteiger partial charge in [0.25, 0.3) is 0 Å². The molecule has 0 aromatic rings. The van der Waals surface area contributed by atoms with Gasteiger partial charge < -0.3 is 15.2 Å². The van der Waals surface area contributed by atoms with Crippen LogP contribution in [0.2, 0.25) is 0 Å². The molecule has 0 aliphatic rings. The van der Waals surface area contributed by atoms with Gasteiger partial charge in [-0.1, -0.05) is 6.92 Å². The second-order valence-electron chi connectivity index (χ2n) is 3.33. The molecular formula is C9H21NO2. The molecular weight excluding hydrogens is 154 g/mol. The first-order valence-corrected chi connectivity index (χ1v) is 4.56. The van der Waals surface area contributed by atoms with Crippen molar-refractivity contribution >= 4 is 0 Å². The summed E-state index contributed by atoms with van der Waals surface area (Å²) in [6.07, 6.45) is 1.11. The predicted octanol–water partition coefficient (Wildman–Crippen LogP) is 0.629. The van der Waals surface area contributed by atoms with Crippen LogP contribution in [0.4, 0.5) is 0 Å². The largest absolute Gasteiger partial charge is 0.394 e. The Morgan fingerprint density at radius 3 is 2.58 bits per heavy atom. The normalized spacial score (nSPS) is 16.0. The third-order valence-electron chi connectivity index (χ3n) is 1.89. The molecule has 3 heteroatoms. The van der Waals surface area contributed by atoms with Crippen LogP contribution in [-0.4, -0.2) is 38.0 Å². The Morgan fingerprint density at radius 2 is 2.08 bits per heavy atom. The minimum atomic E-state index is 0.119. The number of hydrogen-bond acceptors (Lipinski definition) is 3. The highest BCUT2D eigenvalue weighted by Gasteiger charge is 2.06. The molecule has 0 saturated carbocycles. The summed E-state index contributed by atoms with van der Waals surface area (Å²) >= 11 is 0. The van der Waals surface area contributed by atoms with Crippen LogP contribution in [0.5, 0.6) is 0 Å². The Morgan fingerprint density at radius 1 is 1.42 bits per heavy atom. The van der Waals surface area contributed by atoms with Crippen LogP contribution < -0.4 is 5.32 Å². The first-order chi connectivity index (χ1) is 5.70. The van der Waals surface area contributed by atoms with Crippen molar-refractivity contribution in [2.24, 2.45) is 5.92 Å². The topological polar surface area (TPSA) is 41.5 Å². The van der Waals surface area contributed by atoms with Crippen LogP contribution >= 0.6 is 0 Å². The SMILES string of the molecule is CNC(C)CC(C)COCCO. The minimum absolute atomic E-state index is 0.119. The molecule has 0 saturated heterocycles. The number of aliphatic hydroxyl groups is 1. The number of nitrogens with one attached hydrogen (secondary N) is 1. The van der Waals surface area contributed by atoms with E-state index < -0.39 is 0 Å². The lowest BCUT2D eigenvalue weighted by Crippen LogP contribution is -2.25. The van der Waals surface area contributed by atoms with E-state index in [9.17, 15) is 0 Å². The third kappa shape index (κ3) is 6.58. The van der Waals surface area contributed by atoms with Crippen LogP contribution in [0.3, 0.4) is 0 Å². The highest BCUT2D eigenvalue weighted by molar-refractivity contribution is 4.62. The standard InChI is InChI=1S/C9H21NO2/c1-8(6-9(2)10-3)7-12-5-4-11/h8-11H,4-7H2,1-3H3. The molecule has 74 valence electrons. The number of aliphatic hydroxyl groups excluding tert-OH is 1. The monoisotopic (exact) mass is 175 g/mol. The van der Waals surface area contributed by atoms with Crippen molar-refractivity contribution in [2.75, 3.05) is 26.9 Å². The molecule has 0 fully saturated rings. The molecule has 12 heavy (non-hydrogen) atoms. The van der Waals surface area contributed by atoms with Gasteiger partial charge in [0.15, 0.2) is 0 Å². The lowest BCUT2D eigenvalue weighted by Gasteiger charge is -2.16. The Hall–Kier alpha value is -0.120. The molecule has 0 heterocycles. The van der Waals surface area contributed by atoms with Gasteiger partial charge in [-0.15, -0.1) is 0 Å². The van der Waals surface area contributed by atoms with Crippen molar-refractivity contribution in [3.63, 3.8) is 0 Å². The number of hydrogen-bond donors (Lipinski definition) is 2. The van der Waals surface area contributed by atoms with Crippen molar-refractivity contribution in [3.05, 3.63) is 0 Å². The Kier molecular flexibility index (Phi) is 7.45. The lowest BCUT2D eigenvalue weighted by atomic mass is 10.0. The van der Waals surface area contributed by atoms with E-state index in [-0.39, 0.29) is 6.61 Å². The van der Waals surface area contributed by atoms with Crippen molar-refractivity contribution in [1.82, 2.24) is 5.32 Å². The molecule has 0 aliphatic heterocycles. The van der Waals surface area contributed by atoms with Gasteiger partial charge in [-0.2, -0.15) is 0 Å². The molecule has 0 rings (SSSR count). The van der Waals surface area contributed by atoms with Crippen LogP contribution in [0.15, 0.2) is 0 Å². The van der Waals surface area contributed by atoms with E-state index >= 15 is 0 Å². The summed E-state index contributed by atoms with van der Waals surface area (Å²) in [4.78, 5) is 0. The summed E-state index contributed by atoms with van der Waals surface area (Å²) in [6, 6.07) is 0.540. The predicted molar refractivity (Wildman–Crippen MR) is 50.2 cm³/mol. The molecule has 0 amide bonds. The maximum absolute atomic E-state index is 8.47. The Bertz CT molecular complexity index is 98.5. The second-order valence-corrected chi connectivity index (χ2v) is 3.33. The van der Waals surface area contributed by atoms with Gasteiger partial charge >= 0.3 is 0 Å². The summed E-state index contributed by atoms with van der Waals surface area (Å²) in [5.74, 6) is 0.555. The maximum Gasteiger partial charge on any atom is 0.0697 e. The van der Waals surface area contributed by atoms with E-state index in [2.05, 4.69) is 19.2 Å². The molecule has 0 spiro atoms. The summed E-state index contributed by atoms with van der Waals surface area (Å²) in [6.45, 7) is 5.63.